The largest absolute Gasteiger partial charge is 0.394 e. The lowest BCUT2D eigenvalue weighted by molar-refractivity contribution is -0.379. The Labute approximate surface area is 554 Å². The minimum absolute atomic E-state index is 0.245. The molecule has 0 radical (unpaired) electrons. The average Bonchev–Trinajstić information content (AvgIpc) is 0.830. The minimum atomic E-state index is -1.98. The number of ether oxygens (including phenoxy) is 6. The smallest absolute Gasteiger partial charge is 0.220 e. The maximum absolute atomic E-state index is 13.4. The second kappa shape index (κ2) is 54.7. The molecular weight excluding hydrogens is 1180 g/mol. The van der Waals surface area contributed by atoms with Crippen molar-refractivity contribution in [3.05, 3.63) is 48.6 Å². The molecule has 92 heavy (non-hydrogen) atoms. The summed E-state index contributed by atoms with van der Waals surface area (Å²) >= 11 is 0. The SMILES string of the molecule is CCCCCCC/C=C\C/C=C\C/C=C\CCCCCCCCCCCCCCCCCCCCCCC(=O)NC(COC1OC(CO)C(OC2OC(CO)C(OC3OC(CO)C(O)C(O)C3O)C(O)C2O)C(O)C1O)C(O)/C=C/CCCCCCCCCCCC. The molecule has 3 heterocycles. The van der Waals surface area contributed by atoms with Crippen LogP contribution in [0.4, 0.5) is 0 Å². The highest BCUT2D eigenvalue weighted by molar-refractivity contribution is 5.76. The van der Waals surface area contributed by atoms with E-state index in [2.05, 4.69) is 55.6 Å². The molecule has 3 fully saturated rings. The first kappa shape index (κ1) is 84.0. The van der Waals surface area contributed by atoms with Crippen molar-refractivity contribution >= 4 is 5.91 Å². The lowest BCUT2D eigenvalue weighted by Crippen LogP contribution is -2.66. The maximum Gasteiger partial charge on any atom is 0.220 e. The molecule has 0 aromatic carbocycles. The summed E-state index contributed by atoms with van der Waals surface area (Å²) in [7, 11) is 0. The van der Waals surface area contributed by atoms with Crippen LogP contribution >= 0.6 is 0 Å². The monoisotopic (exact) mass is 1310 g/mol. The second-order valence-electron chi connectivity index (χ2n) is 26.4. The van der Waals surface area contributed by atoms with Crippen molar-refractivity contribution < 1.29 is 89.4 Å². The summed E-state index contributed by atoms with van der Waals surface area (Å²) in [6.45, 7) is 1.72. The van der Waals surface area contributed by atoms with E-state index < -0.39 is 124 Å². The molecule has 17 atom stereocenters. The Morgan fingerprint density at radius 1 is 0.391 bits per heavy atom. The Bertz CT molecular complexity index is 1860. The van der Waals surface area contributed by atoms with Crippen LogP contribution in [0.15, 0.2) is 48.6 Å². The number of nitrogens with one attached hydrogen (secondary N) is 1. The summed E-state index contributed by atoms with van der Waals surface area (Å²) in [6.07, 6.45) is 39.8. The van der Waals surface area contributed by atoms with Crippen molar-refractivity contribution in [1.82, 2.24) is 5.32 Å². The first-order valence-electron chi connectivity index (χ1n) is 36.9. The first-order chi connectivity index (χ1) is 44.8. The molecule has 3 saturated heterocycles. The van der Waals surface area contributed by atoms with Gasteiger partial charge >= 0.3 is 0 Å². The highest BCUT2D eigenvalue weighted by Crippen LogP contribution is 2.33. The van der Waals surface area contributed by atoms with Crippen LogP contribution in [0.3, 0.4) is 0 Å². The van der Waals surface area contributed by atoms with Gasteiger partial charge in [-0.1, -0.05) is 262 Å². The Morgan fingerprint density at radius 2 is 0.717 bits per heavy atom. The van der Waals surface area contributed by atoms with Crippen molar-refractivity contribution in [2.75, 3.05) is 26.4 Å². The number of carbonyl (C=O) groups is 1. The third kappa shape index (κ3) is 35.8. The quantitative estimate of drug-likeness (QED) is 0.0199. The normalized spacial score (nSPS) is 27.9. The predicted octanol–water partition coefficient (Wildman–Crippen LogP) is 10.6. The number of hydrogen-bond donors (Lipinski definition) is 12. The zero-order valence-corrected chi connectivity index (χ0v) is 57.0. The molecule has 3 rings (SSSR count). The summed E-state index contributed by atoms with van der Waals surface area (Å²) < 4.78 is 34.3. The van der Waals surface area contributed by atoms with Gasteiger partial charge in [-0.3, -0.25) is 4.79 Å². The van der Waals surface area contributed by atoms with Gasteiger partial charge < -0.3 is 89.9 Å². The van der Waals surface area contributed by atoms with Crippen LogP contribution < -0.4 is 5.32 Å². The van der Waals surface area contributed by atoms with Crippen LogP contribution in [0.5, 0.6) is 0 Å². The zero-order valence-electron chi connectivity index (χ0n) is 57.0. The highest BCUT2D eigenvalue weighted by atomic mass is 16.8. The van der Waals surface area contributed by atoms with Crippen molar-refractivity contribution in [1.29, 1.82) is 0 Å². The van der Waals surface area contributed by atoms with Gasteiger partial charge in [-0.2, -0.15) is 0 Å². The predicted molar refractivity (Wildman–Crippen MR) is 360 cm³/mol. The van der Waals surface area contributed by atoms with Crippen molar-refractivity contribution in [2.45, 2.75) is 381 Å². The van der Waals surface area contributed by atoms with Gasteiger partial charge in [-0.05, 0) is 57.8 Å². The first-order valence-corrected chi connectivity index (χ1v) is 36.9. The van der Waals surface area contributed by atoms with Gasteiger partial charge in [0.25, 0.3) is 0 Å². The van der Waals surface area contributed by atoms with E-state index in [-0.39, 0.29) is 18.9 Å². The number of rotatable bonds is 57. The van der Waals surface area contributed by atoms with Gasteiger partial charge in [0.2, 0.25) is 5.91 Å². The Balaban J connectivity index is 1.32. The van der Waals surface area contributed by atoms with E-state index in [4.69, 9.17) is 28.4 Å². The molecule has 3 aliphatic rings. The third-order valence-corrected chi connectivity index (χ3v) is 18.4. The summed E-state index contributed by atoms with van der Waals surface area (Å²) in [4.78, 5) is 13.4. The number of aliphatic hydroxyl groups is 11. The number of aliphatic hydroxyl groups excluding tert-OH is 11. The summed E-state index contributed by atoms with van der Waals surface area (Å²) in [6, 6.07) is -0.971. The van der Waals surface area contributed by atoms with Crippen LogP contribution in [-0.4, -0.2) is 193 Å². The van der Waals surface area contributed by atoms with Crippen LogP contribution in [0.2, 0.25) is 0 Å². The third-order valence-electron chi connectivity index (χ3n) is 18.4. The number of allylic oxidation sites excluding steroid dienone is 7. The van der Waals surface area contributed by atoms with E-state index in [0.717, 1.165) is 57.8 Å². The lowest BCUT2D eigenvalue weighted by Gasteiger charge is -2.48. The van der Waals surface area contributed by atoms with E-state index in [1.807, 2.05) is 6.08 Å². The molecule has 19 nitrogen and oxygen atoms in total. The number of carbonyl (C=O) groups excluding carboxylic acids is 1. The maximum atomic E-state index is 13.4. The molecule has 0 aromatic rings. The lowest BCUT2D eigenvalue weighted by atomic mass is 9.96. The van der Waals surface area contributed by atoms with Crippen molar-refractivity contribution in [3.8, 4) is 0 Å². The molecule has 1 amide bonds. The van der Waals surface area contributed by atoms with Crippen molar-refractivity contribution in [2.24, 2.45) is 0 Å². The molecule has 0 aliphatic carbocycles. The van der Waals surface area contributed by atoms with Crippen LogP contribution in [0, 0.1) is 0 Å². The summed E-state index contributed by atoms with van der Waals surface area (Å²) in [5.74, 6) is -0.274. The highest BCUT2D eigenvalue weighted by Gasteiger charge is 2.53. The molecule has 0 aromatic heterocycles. The Kier molecular flexibility index (Phi) is 50.0. The minimum Gasteiger partial charge on any atom is -0.394 e. The Morgan fingerprint density at radius 3 is 1.12 bits per heavy atom. The van der Waals surface area contributed by atoms with E-state index >= 15 is 0 Å². The number of amides is 1. The van der Waals surface area contributed by atoms with Crippen LogP contribution in [-0.2, 0) is 33.2 Å². The fourth-order valence-corrected chi connectivity index (χ4v) is 12.4. The fraction of sp³-hybridized carbons (Fsp3) is 0.877. The molecule has 19 heteroatoms. The standard InChI is InChI=1S/C73H133NO18/c1-3-5-7-9-11-13-15-17-18-19-20-21-22-23-24-25-26-27-28-29-30-31-32-33-34-35-36-37-38-39-41-43-45-47-49-51-61(79)74-56(57(78)50-48-46-44-42-40-16-14-12-10-8-6-4-2)55-87-71-67(85)64(82)69(59(53-76)89-71)92-73-68(86)65(83)70(60(54-77)90-73)91-72-66(84)63(81)62(80)58(52-75)88-72/h15,17,19-20,22-23,48,50,56-60,62-73,75-78,80-86H,3-14,16,18,21,24-47,49,51-55H2,1-2H3,(H,74,79)/b17-15-,20-19-,23-22-,50-48+. The van der Waals surface area contributed by atoms with Gasteiger partial charge in [0, 0.05) is 6.42 Å². The van der Waals surface area contributed by atoms with Gasteiger partial charge in [0.05, 0.1) is 38.6 Å². The van der Waals surface area contributed by atoms with Crippen LogP contribution in [0.25, 0.3) is 0 Å². The van der Waals surface area contributed by atoms with E-state index in [1.54, 1.807) is 6.08 Å². The van der Waals surface area contributed by atoms with Gasteiger partial charge in [-0.25, -0.2) is 0 Å². The van der Waals surface area contributed by atoms with Crippen molar-refractivity contribution in [3.63, 3.8) is 0 Å². The molecule has 3 aliphatic heterocycles. The summed E-state index contributed by atoms with van der Waals surface area (Å²) in [5, 5.41) is 120. The van der Waals surface area contributed by atoms with Gasteiger partial charge in [0.1, 0.15) is 73.2 Å². The van der Waals surface area contributed by atoms with E-state index in [9.17, 15) is 61.0 Å². The molecule has 0 bridgehead atoms. The molecule has 17 unspecified atom stereocenters. The van der Waals surface area contributed by atoms with Gasteiger partial charge in [0.15, 0.2) is 18.9 Å². The van der Waals surface area contributed by atoms with E-state index in [1.165, 1.54) is 193 Å². The molecule has 12 N–H and O–H groups in total. The zero-order chi connectivity index (χ0) is 66.8. The molecular formula is C73H133NO18. The van der Waals surface area contributed by atoms with E-state index in [0.29, 0.717) is 6.42 Å². The molecule has 0 spiro atoms. The number of hydrogen-bond acceptors (Lipinski definition) is 18. The molecule has 538 valence electrons. The van der Waals surface area contributed by atoms with Crippen LogP contribution in [0.1, 0.15) is 277 Å². The topological polar surface area (TPSA) is 307 Å². The molecule has 0 saturated carbocycles. The Hall–Kier alpha value is -2.25. The number of unbranched alkanes of at least 4 members (excludes halogenated alkanes) is 35. The fourth-order valence-electron chi connectivity index (χ4n) is 12.4. The summed E-state index contributed by atoms with van der Waals surface area (Å²) in [5.41, 5.74) is 0. The van der Waals surface area contributed by atoms with Gasteiger partial charge in [-0.15, -0.1) is 0 Å². The average molecular weight is 1310 g/mol. The second-order valence-corrected chi connectivity index (χ2v) is 26.4.